The van der Waals surface area contributed by atoms with Gasteiger partial charge in [0.1, 0.15) is 0 Å². The molecule has 2 unspecified atom stereocenters. The minimum absolute atomic E-state index is 0.375. The Kier molecular flexibility index (Phi) is 1.06. The zero-order valence-electron chi connectivity index (χ0n) is 5.84. The van der Waals surface area contributed by atoms with Crippen molar-refractivity contribution in [3.8, 4) is 0 Å². The molecule has 3 N–H and O–H groups in total. The average molecular weight is 142 g/mol. The van der Waals surface area contributed by atoms with Gasteiger partial charge in [0.25, 0.3) is 0 Å². The standard InChI is InChI=1S/C7H11NO2/c9-6(10)7-3-1-5(7)2-4-8-7/h5,8H,1-4H2,(H,9,10)/p+1. The fourth-order valence-corrected chi connectivity index (χ4v) is 2.24. The summed E-state index contributed by atoms with van der Waals surface area (Å²) in [5.41, 5.74) is -0.375. The van der Waals surface area contributed by atoms with Gasteiger partial charge in [-0.2, -0.15) is 0 Å². The number of aliphatic carboxylic acids is 1. The molecule has 0 amide bonds. The van der Waals surface area contributed by atoms with Crippen LogP contribution in [0.2, 0.25) is 0 Å². The molecule has 1 heterocycles. The molecule has 0 aromatic carbocycles. The highest BCUT2D eigenvalue weighted by atomic mass is 16.4. The summed E-state index contributed by atoms with van der Waals surface area (Å²) in [5.74, 6) is -0.119. The van der Waals surface area contributed by atoms with E-state index in [0.29, 0.717) is 5.92 Å². The van der Waals surface area contributed by atoms with Crippen molar-refractivity contribution in [2.75, 3.05) is 6.54 Å². The third kappa shape index (κ3) is 0.515. The maximum atomic E-state index is 10.8. The van der Waals surface area contributed by atoms with Gasteiger partial charge < -0.3 is 10.4 Å². The van der Waals surface area contributed by atoms with Crippen LogP contribution in [0.25, 0.3) is 0 Å². The van der Waals surface area contributed by atoms with Crippen LogP contribution < -0.4 is 5.32 Å². The molecule has 0 radical (unpaired) electrons. The van der Waals surface area contributed by atoms with E-state index < -0.39 is 5.97 Å². The van der Waals surface area contributed by atoms with Crippen molar-refractivity contribution < 1.29 is 15.2 Å². The van der Waals surface area contributed by atoms with Crippen LogP contribution in [0.4, 0.5) is 0 Å². The topological polar surface area (TPSA) is 53.9 Å². The lowest BCUT2D eigenvalue weighted by Gasteiger charge is -2.36. The van der Waals surface area contributed by atoms with Crippen LogP contribution in [0.5, 0.6) is 0 Å². The fraction of sp³-hybridized carbons (Fsp3) is 0.857. The maximum absolute atomic E-state index is 10.8. The first-order chi connectivity index (χ1) is 4.76. The van der Waals surface area contributed by atoms with E-state index in [1.165, 1.54) is 0 Å². The number of quaternary nitrogens is 1. The number of carboxylic acids is 1. The highest BCUT2D eigenvalue weighted by molar-refractivity contribution is 5.78. The van der Waals surface area contributed by atoms with Crippen molar-refractivity contribution in [1.82, 2.24) is 0 Å². The van der Waals surface area contributed by atoms with Gasteiger partial charge in [0.05, 0.1) is 6.54 Å². The first kappa shape index (κ1) is 6.16. The van der Waals surface area contributed by atoms with Crippen molar-refractivity contribution in [2.45, 2.75) is 24.8 Å². The molecule has 0 spiro atoms. The molecule has 1 saturated heterocycles. The molecule has 2 aliphatic rings. The summed E-state index contributed by atoms with van der Waals surface area (Å²) in [6.07, 6.45) is 3.11. The predicted octanol–water partition coefficient (Wildman–Crippen LogP) is -0.813. The quantitative estimate of drug-likeness (QED) is 0.503. The largest absolute Gasteiger partial charge is 0.477 e. The highest BCUT2D eigenvalue weighted by Gasteiger charge is 2.59. The van der Waals surface area contributed by atoms with Crippen LogP contribution in [0, 0.1) is 5.92 Å². The molecular formula is C7H12NO2+. The lowest BCUT2D eigenvalue weighted by Crippen LogP contribution is -2.98. The zero-order chi connectivity index (χ0) is 7.19. The van der Waals surface area contributed by atoms with E-state index >= 15 is 0 Å². The van der Waals surface area contributed by atoms with Gasteiger partial charge in [0.15, 0.2) is 5.54 Å². The van der Waals surface area contributed by atoms with Gasteiger partial charge in [0.2, 0.25) is 0 Å². The van der Waals surface area contributed by atoms with Gasteiger partial charge >= 0.3 is 5.97 Å². The molecule has 56 valence electrons. The van der Waals surface area contributed by atoms with Crippen molar-refractivity contribution in [1.29, 1.82) is 0 Å². The lowest BCUT2D eigenvalue weighted by molar-refractivity contribution is -0.707. The van der Waals surface area contributed by atoms with E-state index in [1.54, 1.807) is 0 Å². The van der Waals surface area contributed by atoms with Gasteiger partial charge in [-0.25, -0.2) is 4.79 Å². The zero-order valence-corrected chi connectivity index (χ0v) is 5.84. The second-order valence-electron chi connectivity index (χ2n) is 3.36. The Balaban J connectivity index is 2.21. The molecule has 0 aromatic heterocycles. The van der Waals surface area contributed by atoms with Gasteiger partial charge in [-0.15, -0.1) is 0 Å². The Morgan fingerprint density at radius 3 is 2.70 bits per heavy atom. The first-order valence-electron chi connectivity index (χ1n) is 3.83. The predicted molar refractivity (Wildman–Crippen MR) is 34.5 cm³/mol. The van der Waals surface area contributed by atoms with E-state index in [4.69, 9.17) is 5.11 Å². The average Bonchev–Trinajstić information content (AvgIpc) is 2.09. The normalized spacial score (nSPS) is 44.2. The molecule has 10 heavy (non-hydrogen) atoms. The van der Waals surface area contributed by atoms with Crippen LogP contribution in [0.3, 0.4) is 0 Å². The number of carboxylic acid groups (broad SMARTS) is 1. The van der Waals surface area contributed by atoms with Crippen LogP contribution >= 0.6 is 0 Å². The number of rotatable bonds is 1. The number of nitrogens with two attached hydrogens (primary N) is 1. The van der Waals surface area contributed by atoms with Gasteiger partial charge in [0, 0.05) is 18.8 Å². The van der Waals surface area contributed by atoms with E-state index in [9.17, 15) is 4.79 Å². The van der Waals surface area contributed by atoms with Crippen LogP contribution in [0.15, 0.2) is 0 Å². The van der Waals surface area contributed by atoms with Crippen molar-refractivity contribution >= 4 is 5.97 Å². The van der Waals surface area contributed by atoms with Gasteiger partial charge in [-0.1, -0.05) is 0 Å². The summed E-state index contributed by atoms with van der Waals surface area (Å²) in [5, 5.41) is 10.9. The number of hydrogen-bond donors (Lipinski definition) is 2. The van der Waals surface area contributed by atoms with E-state index in [1.807, 2.05) is 5.32 Å². The van der Waals surface area contributed by atoms with Crippen LogP contribution in [-0.4, -0.2) is 23.2 Å². The first-order valence-corrected chi connectivity index (χ1v) is 3.83. The van der Waals surface area contributed by atoms with Crippen LogP contribution in [0.1, 0.15) is 19.3 Å². The molecule has 0 bridgehead atoms. The lowest BCUT2D eigenvalue weighted by atomic mass is 9.68. The minimum atomic E-state index is -0.596. The number of hydrogen-bond acceptors (Lipinski definition) is 1. The van der Waals surface area contributed by atoms with Crippen molar-refractivity contribution in [3.05, 3.63) is 0 Å². The molecule has 1 saturated carbocycles. The third-order valence-electron chi connectivity index (χ3n) is 3.06. The van der Waals surface area contributed by atoms with Crippen molar-refractivity contribution in [3.63, 3.8) is 0 Å². The molecule has 3 heteroatoms. The SMILES string of the molecule is O=C(O)C12CCC1CC[NH2+]2. The Labute approximate surface area is 59.4 Å². The molecular weight excluding hydrogens is 130 g/mol. The Morgan fingerprint density at radius 2 is 2.40 bits per heavy atom. The summed E-state index contributed by atoms with van der Waals surface area (Å²) in [6.45, 7) is 1.01. The van der Waals surface area contributed by atoms with Crippen LogP contribution in [-0.2, 0) is 4.79 Å². The fourth-order valence-electron chi connectivity index (χ4n) is 2.24. The maximum Gasteiger partial charge on any atom is 0.365 e. The number of fused-ring (bicyclic) bond motifs is 1. The summed E-state index contributed by atoms with van der Waals surface area (Å²) in [6, 6.07) is 0. The summed E-state index contributed by atoms with van der Waals surface area (Å²) in [4.78, 5) is 10.8. The molecule has 1 aliphatic carbocycles. The van der Waals surface area contributed by atoms with Gasteiger partial charge in [-0.3, -0.25) is 0 Å². The van der Waals surface area contributed by atoms with E-state index in [-0.39, 0.29) is 5.54 Å². The van der Waals surface area contributed by atoms with E-state index in [2.05, 4.69) is 0 Å². The minimum Gasteiger partial charge on any atom is -0.477 e. The van der Waals surface area contributed by atoms with E-state index in [0.717, 1.165) is 25.8 Å². The second-order valence-corrected chi connectivity index (χ2v) is 3.36. The smallest absolute Gasteiger partial charge is 0.365 e. The second kappa shape index (κ2) is 1.72. The molecule has 2 rings (SSSR count). The third-order valence-corrected chi connectivity index (χ3v) is 3.06. The summed E-state index contributed by atoms with van der Waals surface area (Å²) in [7, 11) is 0. The molecule has 1 aliphatic heterocycles. The van der Waals surface area contributed by atoms with Crippen molar-refractivity contribution in [2.24, 2.45) is 5.92 Å². The highest BCUT2D eigenvalue weighted by Crippen LogP contribution is 2.40. The Hall–Kier alpha value is -0.570. The number of carbonyl (C=O) groups is 1. The molecule has 3 nitrogen and oxygen atoms in total. The summed E-state index contributed by atoms with van der Waals surface area (Å²) < 4.78 is 0. The molecule has 2 atom stereocenters. The monoisotopic (exact) mass is 142 g/mol. The van der Waals surface area contributed by atoms with Gasteiger partial charge in [-0.05, 0) is 6.42 Å². The Morgan fingerprint density at radius 1 is 1.60 bits per heavy atom. The molecule has 2 fully saturated rings. The summed E-state index contributed by atoms with van der Waals surface area (Å²) >= 11 is 0. The molecule has 0 aromatic rings. The Bertz CT molecular complexity index is 180.